The quantitative estimate of drug-likeness (QED) is 0.654. The van der Waals surface area contributed by atoms with Crippen LogP contribution < -0.4 is 4.74 Å². The smallest absolute Gasteiger partial charge is 0.180 e. The number of ketones is 2. The van der Waals surface area contributed by atoms with Gasteiger partial charge in [0.1, 0.15) is 11.7 Å². The summed E-state index contributed by atoms with van der Waals surface area (Å²) in [7, 11) is 0. The summed E-state index contributed by atoms with van der Waals surface area (Å²) in [5.41, 5.74) is 2.00. The molecule has 3 aromatic rings. The number of hydrogen-bond donors (Lipinski definition) is 0. The van der Waals surface area contributed by atoms with Gasteiger partial charge in [-0.3, -0.25) is 14.6 Å². The third kappa shape index (κ3) is 2.41. The minimum atomic E-state index is -0.882. The standard InChI is InChI=1S/C20H14ClNO3/c1-2-25-16-10-9-14-13(18(16)21)7-8-15(22-14)17-19(23)11-5-3-4-6-12(11)20(17)24/h3-10,17H,2H2,1H3. The number of hydrogen-bond acceptors (Lipinski definition) is 4. The van der Waals surface area contributed by atoms with Gasteiger partial charge in [0.25, 0.3) is 0 Å². The average molecular weight is 352 g/mol. The first kappa shape index (κ1) is 15.8. The minimum absolute atomic E-state index is 0.204. The summed E-state index contributed by atoms with van der Waals surface area (Å²) < 4.78 is 5.48. The first-order valence-electron chi connectivity index (χ1n) is 8.01. The Balaban J connectivity index is 1.80. The fourth-order valence-electron chi connectivity index (χ4n) is 3.20. The van der Waals surface area contributed by atoms with Gasteiger partial charge in [0.15, 0.2) is 11.6 Å². The highest BCUT2D eigenvalue weighted by molar-refractivity contribution is 6.37. The molecular weight excluding hydrogens is 338 g/mol. The van der Waals surface area contributed by atoms with E-state index in [-0.39, 0.29) is 11.6 Å². The summed E-state index contributed by atoms with van der Waals surface area (Å²) in [6.45, 7) is 2.40. The van der Waals surface area contributed by atoms with Crippen LogP contribution in [0.2, 0.25) is 5.02 Å². The van der Waals surface area contributed by atoms with Crippen LogP contribution in [0.15, 0.2) is 48.5 Å². The van der Waals surface area contributed by atoms with E-state index in [1.165, 1.54) is 0 Å². The number of pyridine rings is 1. The van der Waals surface area contributed by atoms with Gasteiger partial charge in [-0.1, -0.05) is 35.9 Å². The van der Waals surface area contributed by atoms with E-state index < -0.39 is 5.92 Å². The lowest BCUT2D eigenvalue weighted by atomic mass is 9.98. The third-order valence-electron chi connectivity index (χ3n) is 4.37. The van der Waals surface area contributed by atoms with Crippen LogP contribution >= 0.6 is 11.6 Å². The van der Waals surface area contributed by atoms with Gasteiger partial charge in [-0.2, -0.15) is 0 Å². The van der Waals surface area contributed by atoms with Crippen molar-refractivity contribution in [3.05, 3.63) is 70.4 Å². The van der Waals surface area contributed by atoms with Crippen LogP contribution in [0.1, 0.15) is 39.3 Å². The molecule has 0 unspecified atom stereocenters. The number of ether oxygens (including phenoxy) is 1. The predicted molar refractivity (Wildman–Crippen MR) is 95.8 cm³/mol. The van der Waals surface area contributed by atoms with E-state index >= 15 is 0 Å². The predicted octanol–water partition coefficient (Wildman–Crippen LogP) is 4.45. The van der Waals surface area contributed by atoms with Crippen molar-refractivity contribution in [1.29, 1.82) is 0 Å². The van der Waals surface area contributed by atoms with Crippen LogP contribution in [0.5, 0.6) is 5.75 Å². The third-order valence-corrected chi connectivity index (χ3v) is 4.76. The summed E-state index contributed by atoms with van der Waals surface area (Å²) in [6.07, 6.45) is 0. The number of carbonyl (C=O) groups is 2. The van der Waals surface area contributed by atoms with Crippen LogP contribution in [-0.2, 0) is 0 Å². The van der Waals surface area contributed by atoms with Crippen LogP contribution in [-0.4, -0.2) is 23.2 Å². The normalized spacial score (nSPS) is 14.2. The lowest BCUT2D eigenvalue weighted by Crippen LogP contribution is -2.14. The van der Waals surface area contributed by atoms with Gasteiger partial charge in [0, 0.05) is 16.5 Å². The molecule has 0 saturated heterocycles. The van der Waals surface area contributed by atoms with Gasteiger partial charge >= 0.3 is 0 Å². The second-order valence-electron chi connectivity index (χ2n) is 5.82. The molecule has 5 heteroatoms. The molecule has 0 spiro atoms. The first-order chi connectivity index (χ1) is 12.1. The molecule has 0 saturated carbocycles. The summed E-state index contributed by atoms with van der Waals surface area (Å²) in [5.74, 6) is -0.701. The summed E-state index contributed by atoms with van der Waals surface area (Å²) in [4.78, 5) is 29.8. The Morgan fingerprint density at radius 2 is 1.68 bits per heavy atom. The van der Waals surface area contributed by atoms with Crippen molar-refractivity contribution in [2.75, 3.05) is 6.61 Å². The maximum absolute atomic E-state index is 12.6. The monoisotopic (exact) mass is 351 g/mol. The van der Waals surface area contributed by atoms with E-state index in [1.54, 1.807) is 48.5 Å². The number of aromatic nitrogens is 1. The second-order valence-corrected chi connectivity index (χ2v) is 6.20. The molecule has 0 atom stereocenters. The molecule has 0 N–H and O–H groups in total. The Bertz CT molecular complexity index is 994. The van der Waals surface area contributed by atoms with E-state index in [9.17, 15) is 9.59 Å². The molecule has 0 amide bonds. The fraction of sp³-hybridized carbons (Fsp3) is 0.150. The zero-order valence-electron chi connectivity index (χ0n) is 13.5. The molecule has 2 aromatic carbocycles. The average Bonchev–Trinajstić information content (AvgIpc) is 2.89. The minimum Gasteiger partial charge on any atom is -0.492 e. The van der Waals surface area contributed by atoms with Crippen LogP contribution in [0.4, 0.5) is 0 Å². The van der Waals surface area contributed by atoms with Gasteiger partial charge in [0.05, 0.1) is 22.8 Å². The maximum Gasteiger partial charge on any atom is 0.180 e. The van der Waals surface area contributed by atoms with Crippen molar-refractivity contribution in [2.24, 2.45) is 0 Å². The zero-order valence-corrected chi connectivity index (χ0v) is 14.2. The van der Waals surface area contributed by atoms with Gasteiger partial charge < -0.3 is 4.74 Å². The Morgan fingerprint density at radius 1 is 1.00 bits per heavy atom. The highest BCUT2D eigenvalue weighted by atomic mass is 35.5. The van der Waals surface area contributed by atoms with Crippen molar-refractivity contribution in [2.45, 2.75) is 12.8 Å². The fourth-order valence-corrected chi connectivity index (χ4v) is 3.48. The topological polar surface area (TPSA) is 56.3 Å². The molecule has 124 valence electrons. The molecule has 1 aliphatic carbocycles. The van der Waals surface area contributed by atoms with Gasteiger partial charge in [-0.15, -0.1) is 0 Å². The SMILES string of the molecule is CCOc1ccc2nc(C3C(=O)c4ccccc4C3=O)ccc2c1Cl. The van der Waals surface area contributed by atoms with Crippen molar-refractivity contribution < 1.29 is 14.3 Å². The highest BCUT2D eigenvalue weighted by Crippen LogP contribution is 2.36. The van der Waals surface area contributed by atoms with E-state index in [0.717, 1.165) is 5.39 Å². The number of carbonyl (C=O) groups excluding carboxylic acids is 2. The first-order valence-corrected chi connectivity index (χ1v) is 8.39. The van der Waals surface area contributed by atoms with E-state index in [4.69, 9.17) is 16.3 Å². The van der Waals surface area contributed by atoms with Gasteiger partial charge in [0.2, 0.25) is 0 Å². The number of fused-ring (bicyclic) bond motifs is 2. The molecule has 25 heavy (non-hydrogen) atoms. The molecule has 0 radical (unpaired) electrons. The van der Waals surface area contributed by atoms with Crippen molar-refractivity contribution >= 4 is 34.1 Å². The molecule has 4 rings (SSSR count). The maximum atomic E-state index is 12.6. The lowest BCUT2D eigenvalue weighted by Gasteiger charge is -2.11. The van der Waals surface area contributed by atoms with Gasteiger partial charge in [-0.05, 0) is 31.2 Å². The molecule has 1 aromatic heterocycles. The Hall–Kier alpha value is -2.72. The molecule has 1 aliphatic rings. The van der Waals surface area contributed by atoms with Crippen molar-refractivity contribution in [1.82, 2.24) is 4.98 Å². The molecule has 0 aliphatic heterocycles. The van der Waals surface area contributed by atoms with E-state index in [0.29, 0.717) is 39.7 Å². The zero-order chi connectivity index (χ0) is 17.6. The molecule has 4 nitrogen and oxygen atoms in total. The number of halogens is 1. The Kier molecular flexibility index (Phi) is 3.77. The number of nitrogens with zero attached hydrogens (tertiary/aromatic N) is 1. The van der Waals surface area contributed by atoms with E-state index in [1.807, 2.05) is 6.92 Å². The lowest BCUT2D eigenvalue weighted by molar-refractivity contribution is 0.0888. The largest absolute Gasteiger partial charge is 0.492 e. The summed E-state index contributed by atoms with van der Waals surface area (Å²) >= 11 is 6.36. The Labute approximate surface area is 149 Å². The molecule has 0 bridgehead atoms. The van der Waals surface area contributed by atoms with Crippen LogP contribution in [0, 0.1) is 0 Å². The Morgan fingerprint density at radius 3 is 2.32 bits per heavy atom. The van der Waals surface area contributed by atoms with Crippen molar-refractivity contribution in [3.63, 3.8) is 0 Å². The summed E-state index contributed by atoms with van der Waals surface area (Å²) in [6, 6.07) is 13.9. The van der Waals surface area contributed by atoms with E-state index in [2.05, 4.69) is 4.98 Å². The summed E-state index contributed by atoms with van der Waals surface area (Å²) in [5, 5.41) is 1.21. The van der Waals surface area contributed by atoms with Crippen molar-refractivity contribution in [3.8, 4) is 5.75 Å². The molecule has 0 fully saturated rings. The number of rotatable bonds is 3. The van der Waals surface area contributed by atoms with Gasteiger partial charge in [-0.25, -0.2) is 0 Å². The molecular formula is C20H14ClNO3. The van der Waals surface area contributed by atoms with Crippen LogP contribution in [0.3, 0.4) is 0 Å². The number of Topliss-reactive ketones (excluding diaryl/α,β-unsaturated/α-hetero) is 2. The van der Waals surface area contributed by atoms with Crippen LogP contribution in [0.25, 0.3) is 10.9 Å². The number of benzene rings is 2. The second kappa shape index (κ2) is 5.97. The molecule has 1 heterocycles. The highest BCUT2D eigenvalue weighted by Gasteiger charge is 2.40.